The molecule has 1 unspecified atom stereocenters. The maximum absolute atomic E-state index is 12.2. The Morgan fingerprint density at radius 1 is 1.33 bits per heavy atom. The lowest BCUT2D eigenvalue weighted by Gasteiger charge is -2.16. The van der Waals surface area contributed by atoms with E-state index in [0.29, 0.717) is 0 Å². The van der Waals surface area contributed by atoms with Gasteiger partial charge in [-0.25, -0.2) is 9.97 Å². The molecule has 0 saturated heterocycles. The standard InChI is InChI=1S/C14H14N4OS2/c19-13(9-18-5-3-15-10-18)17-12(14-16-4-7-21-14)8-11-2-1-6-20-11/h1-7,10,12H,8-9H2,(H,17,19). The zero-order chi connectivity index (χ0) is 14.5. The van der Waals surface area contributed by atoms with E-state index in [1.807, 2.05) is 16.8 Å². The maximum Gasteiger partial charge on any atom is 0.240 e. The molecule has 0 aliphatic rings. The smallest absolute Gasteiger partial charge is 0.240 e. The Bertz CT molecular complexity index is 662. The van der Waals surface area contributed by atoms with Crippen molar-refractivity contribution in [3.8, 4) is 0 Å². The molecule has 3 aromatic heterocycles. The molecule has 0 fully saturated rings. The zero-order valence-electron chi connectivity index (χ0n) is 11.2. The normalized spacial score (nSPS) is 12.2. The Labute approximate surface area is 130 Å². The number of aromatic nitrogens is 3. The van der Waals surface area contributed by atoms with Crippen LogP contribution in [0.4, 0.5) is 0 Å². The lowest BCUT2D eigenvalue weighted by Crippen LogP contribution is -2.32. The molecule has 7 heteroatoms. The Kier molecular flexibility index (Phi) is 4.42. The predicted molar refractivity (Wildman–Crippen MR) is 83.2 cm³/mol. The quantitative estimate of drug-likeness (QED) is 0.759. The van der Waals surface area contributed by atoms with Crippen LogP contribution in [-0.2, 0) is 17.8 Å². The zero-order valence-corrected chi connectivity index (χ0v) is 12.8. The van der Waals surface area contributed by atoms with E-state index in [1.54, 1.807) is 52.2 Å². The van der Waals surface area contributed by atoms with Gasteiger partial charge in [-0.05, 0) is 11.4 Å². The van der Waals surface area contributed by atoms with Crippen molar-refractivity contribution in [3.63, 3.8) is 0 Å². The average Bonchev–Trinajstić information content (AvgIpc) is 3.22. The van der Waals surface area contributed by atoms with Gasteiger partial charge in [0.1, 0.15) is 11.6 Å². The molecule has 3 heterocycles. The number of hydrogen-bond donors (Lipinski definition) is 1. The van der Waals surface area contributed by atoms with Gasteiger partial charge in [-0.3, -0.25) is 4.79 Å². The summed E-state index contributed by atoms with van der Waals surface area (Å²) in [5.41, 5.74) is 0. The SMILES string of the molecule is O=C(Cn1ccnc1)NC(Cc1cccs1)c1nccs1. The molecule has 108 valence electrons. The van der Waals surface area contributed by atoms with Gasteiger partial charge in [-0.15, -0.1) is 22.7 Å². The van der Waals surface area contributed by atoms with Crippen molar-refractivity contribution in [1.29, 1.82) is 0 Å². The number of imidazole rings is 1. The highest BCUT2D eigenvalue weighted by molar-refractivity contribution is 7.10. The van der Waals surface area contributed by atoms with Crippen LogP contribution < -0.4 is 5.32 Å². The minimum atomic E-state index is -0.0836. The molecule has 0 spiro atoms. The number of rotatable bonds is 6. The molecule has 0 aliphatic carbocycles. The number of nitrogens with zero attached hydrogens (tertiary/aromatic N) is 3. The van der Waals surface area contributed by atoms with E-state index in [2.05, 4.69) is 21.4 Å². The summed E-state index contributed by atoms with van der Waals surface area (Å²) < 4.78 is 1.75. The fourth-order valence-electron chi connectivity index (χ4n) is 2.02. The molecular formula is C14H14N4OS2. The van der Waals surface area contributed by atoms with E-state index in [-0.39, 0.29) is 18.5 Å². The Hall–Kier alpha value is -1.99. The second-order valence-electron chi connectivity index (χ2n) is 4.51. The van der Waals surface area contributed by atoms with E-state index in [0.717, 1.165) is 11.4 Å². The summed E-state index contributed by atoms with van der Waals surface area (Å²) >= 11 is 3.25. The molecular weight excluding hydrogens is 304 g/mol. The van der Waals surface area contributed by atoms with Crippen LogP contribution in [0, 0.1) is 0 Å². The van der Waals surface area contributed by atoms with Crippen molar-refractivity contribution in [2.75, 3.05) is 0 Å². The summed E-state index contributed by atoms with van der Waals surface area (Å²) in [6.45, 7) is 0.270. The molecule has 0 aromatic carbocycles. The van der Waals surface area contributed by atoms with Gasteiger partial charge in [-0.2, -0.15) is 0 Å². The lowest BCUT2D eigenvalue weighted by atomic mass is 10.2. The summed E-state index contributed by atoms with van der Waals surface area (Å²) in [6.07, 6.45) is 7.61. The molecule has 0 bridgehead atoms. The predicted octanol–water partition coefficient (Wildman–Crippen LogP) is 2.50. The Balaban J connectivity index is 1.68. The van der Waals surface area contributed by atoms with Crippen molar-refractivity contribution >= 4 is 28.6 Å². The molecule has 1 atom stereocenters. The van der Waals surface area contributed by atoms with Crippen molar-refractivity contribution in [1.82, 2.24) is 19.9 Å². The van der Waals surface area contributed by atoms with Crippen LogP contribution in [0.3, 0.4) is 0 Å². The minimum Gasteiger partial charge on any atom is -0.345 e. The topological polar surface area (TPSA) is 59.8 Å². The van der Waals surface area contributed by atoms with Gasteiger partial charge in [-0.1, -0.05) is 6.07 Å². The molecule has 0 saturated carbocycles. The first-order valence-corrected chi connectivity index (χ1v) is 8.24. The summed E-state index contributed by atoms with van der Waals surface area (Å²) in [4.78, 5) is 21.7. The third-order valence-electron chi connectivity index (χ3n) is 2.96. The van der Waals surface area contributed by atoms with E-state index in [1.165, 1.54) is 4.88 Å². The monoisotopic (exact) mass is 318 g/mol. The first-order valence-electron chi connectivity index (χ1n) is 6.48. The van der Waals surface area contributed by atoms with E-state index < -0.39 is 0 Å². The van der Waals surface area contributed by atoms with Crippen molar-refractivity contribution in [2.45, 2.75) is 19.0 Å². The van der Waals surface area contributed by atoms with Gasteiger partial charge in [0.2, 0.25) is 5.91 Å². The van der Waals surface area contributed by atoms with Gasteiger partial charge < -0.3 is 9.88 Å². The number of thiophene rings is 1. The number of carbonyl (C=O) groups excluding carboxylic acids is 1. The number of amides is 1. The summed E-state index contributed by atoms with van der Waals surface area (Å²) in [7, 11) is 0. The maximum atomic E-state index is 12.2. The second kappa shape index (κ2) is 6.64. The van der Waals surface area contributed by atoms with Crippen LogP contribution >= 0.6 is 22.7 Å². The molecule has 0 radical (unpaired) electrons. The first-order chi connectivity index (χ1) is 10.3. The largest absolute Gasteiger partial charge is 0.345 e. The third-order valence-corrected chi connectivity index (χ3v) is 4.74. The van der Waals surface area contributed by atoms with E-state index in [9.17, 15) is 4.79 Å². The van der Waals surface area contributed by atoms with Crippen molar-refractivity contribution in [2.24, 2.45) is 0 Å². The van der Waals surface area contributed by atoms with Crippen LogP contribution in [0.5, 0.6) is 0 Å². The van der Waals surface area contributed by atoms with Crippen LogP contribution in [0.2, 0.25) is 0 Å². The van der Waals surface area contributed by atoms with Gasteiger partial charge in [0.05, 0.1) is 12.4 Å². The average molecular weight is 318 g/mol. The van der Waals surface area contributed by atoms with Crippen LogP contribution in [-0.4, -0.2) is 20.4 Å². The van der Waals surface area contributed by atoms with Gasteiger partial charge in [0, 0.05) is 35.3 Å². The summed E-state index contributed by atoms with van der Waals surface area (Å²) in [6, 6.07) is 4.01. The summed E-state index contributed by atoms with van der Waals surface area (Å²) in [5, 5.41) is 7.97. The molecule has 5 nitrogen and oxygen atoms in total. The molecule has 1 amide bonds. The molecule has 1 N–H and O–H groups in total. The fraction of sp³-hybridized carbons (Fsp3) is 0.214. The van der Waals surface area contributed by atoms with Crippen LogP contribution in [0.1, 0.15) is 15.9 Å². The van der Waals surface area contributed by atoms with Crippen LogP contribution in [0.25, 0.3) is 0 Å². The third kappa shape index (κ3) is 3.77. The number of carbonyl (C=O) groups is 1. The highest BCUT2D eigenvalue weighted by Gasteiger charge is 2.18. The molecule has 0 aliphatic heterocycles. The molecule has 21 heavy (non-hydrogen) atoms. The van der Waals surface area contributed by atoms with Crippen LogP contribution in [0.15, 0.2) is 47.8 Å². The lowest BCUT2D eigenvalue weighted by molar-refractivity contribution is -0.122. The van der Waals surface area contributed by atoms with E-state index in [4.69, 9.17) is 0 Å². The number of thiazole rings is 1. The number of nitrogens with one attached hydrogen (secondary N) is 1. The Morgan fingerprint density at radius 3 is 2.95 bits per heavy atom. The molecule has 3 rings (SSSR count). The highest BCUT2D eigenvalue weighted by atomic mass is 32.1. The number of hydrogen-bond acceptors (Lipinski definition) is 5. The fourth-order valence-corrected chi connectivity index (χ4v) is 3.46. The Morgan fingerprint density at radius 2 is 2.29 bits per heavy atom. The second-order valence-corrected chi connectivity index (χ2v) is 6.47. The van der Waals surface area contributed by atoms with Gasteiger partial charge in [0.15, 0.2) is 0 Å². The van der Waals surface area contributed by atoms with Crippen molar-refractivity contribution in [3.05, 3.63) is 57.7 Å². The minimum absolute atomic E-state index is 0.0373. The van der Waals surface area contributed by atoms with Crippen molar-refractivity contribution < 1.29 is 4.79 Å². The summed E-state index contributed by atoms with van der Waals surface area (Å²) in [5.74, 6) is -0.0373. The van der Waals surface area contributed by atoms with Gasteiger partial charge >= 0.3 is 0 Å². The van der Waals surface area contributed by atoms with E-state index >= 15 is 0 Å². The highest BCUT2D eigenvalue weighted by Crippen LogP contribution is 2.22. The molecule has 3 aromatic rings. The first kappa shape index (κ1) is 14.0. The van der Waals surface area contributed by atoms with Gasteiger partial charge in [0.25, 0.3) is 0 Å².